The molecule has 0 aromatic carbocycles. The van der Waals surface area contributed by atoms with Crippen molar-refractivity contribution in [3.63, 3.8) is 0 Å². The summed E-state index contributed by atoms with van der Waals surface area (Å²) in [5.41, 5.74) is -0.275. The van der Waals surface area contributed by atoms with Gasteiger partial charge in [-0.3, -0.25) is 0 Å². The van der Waals surface area contributed by atoms with Gasteiger partial charge in [0.2, 0.25) is 0 Å². The first-order valence-electron chi connectivity index (χ1n) is 5.98. The summed E-state index contributed by atoms with van der Waals surface area (Å²) < 4.78 is 5.29. The molecule has 0 aromatic heterocycles. The molecule has 2 heterocycles. The Balaban J connectivity index is 2.04. The van der Waals surface area contributed by atoms with Gasteiger partial charge < -0.3 is 15.0 Å². The number of epoxide rings is 1. The molecule has 0 aromatic rings. The standard InChI is InChI=1S/C12H23NO2/c1-11(2)6-9(5-10-8-15-10)7-12(3,4)13(11)14/h9-10,13H,5-8H2,1-4H3. The van der Waals surface area contributed by atoms with E-state index >= 15 is 0 Å². The molecule has 3 nitrogen and oxygen atoms in total. The van der Waals surface area contributed by atoms with Gasteiger partial charge in [-0.1, -0.05) is 0 Å². The van der Waals surface area contributed by atoms with Crippen LogP contribution in [0.2, 0.25) is 0 Å². The number of quaternary nitrogens is 1. The van der Waals surface area contributed by atoms with Crippen LogP contribution in [0.3, 0.4) is 0 Å². The van der Waals surface area contributed by atoms with Gasteiger partial charge in [-0.05, 0) is 40.0 Å². The van der Waals surface area contributed by atoms with Gasteiger partial charge in [0.15, 0.2) is 0 Å². The summed E-state index contributed by atoms with van der Waals surface area (Å²) in [7, 11) is 0. The second-order valence-electron chi connectivity index (χ2n) is 6.56. The normalized spacial score (nSPS) is 42.6. The van der Waals surface area contributed by atoms with Crippen LogP contribution in [0.15, 0.2) is 0 Å². The van der Waals surface area contributed by atoms with E-state index in [1.807, 2.05) is 0 Å². The third-order valence-corrected chi connectivity index (χ3v) is 3.83. The minimum Gasteiger partial charge on any atom is -0.634 e. The van der Waals surface area contributed by atoms with E-state index in [1.165, 1.54) is 0 Å². The Kier molecular flexibility index (Phi) is 2.61. The SMILES string of the molecule is CC1(C)CC(CC2CO2)CC(C)(C)[NH+]1[O-]. The molecule has 2 rings (SSSR count). The van der Waals surface area contributed by atoms with Crippen LogP contribution in [0.4, 0.5) is 0 Å². The van der Waals surface area contributed by atoms with E-state index in [0.717, 1.165) is 25.9 Å². The Morgan fingerprint density at radius 1 is 1.20 bits per heavy atom. The fourth-order valence-electron chi connectivity index (χ4n) is 3.36. The molecule has 1 N–H and O–H groups in total. The zero-order valence-corrected chi connectivity index (χ0v) is 10.3. The van der Waals surface area contributed by atoms with Crippen molar-refractivity contribution < 1.29 is 9.80 Å². The molecular weight excluding hydrogens is 190 g/mol. The topological polar surface area (TPSA) is 40.0 Å². The van der Waals surface area contributed by atoms with Crippen molar-refractivity contribution in [1.82, 2.24) is 0 Å². The number of hydrogen-bond donors (Lipinski definition) is 1. The molecule has 2 aliphatic rings. The van der Waals surface area contributed by atoms with Gasteiger partial charge in [-0.15, -0.1) is 0 Å². The van der Waals surface area contributed by atoms with Crippen molar-refractivity contribution in [2.45, 2.75) is 64.1 Å². The minimum absolute atomic E-state index is 0.138. The molecular formula is C12H23NO2. The van der Waals surface area contributed by atoms with Crippen molar-refractivity contribution in [2.75, 3.05) is 6.61 Å². The van der Waals surface area contributed by atoms with Gasteiger partial charge in [0, 0.05) is 12.8 Å². The van der Waals surface area contributed by atoms with Crippen molar-refractivity contribution in [2.24, 2.45) is 5.92 Å². The average molecular weight is 213 g/mol. The molecule has 2 aliphatic heterocycles. The lowest BCUT2D eigenvalue weighted by Crippen LogP contribution is -3.23. The van der Waals surface area contributed by atoms with E-state index in [-0.39, 0.29) is 11.1 Å². The maximum Gasteiger partial charge on any atom is 0.0923 e. The van der Waals surface area contributed by atoms with Gasteiger partial charge in [-0.2, -0.15) is 0 Å². The van der Waals surface area contributed by atoms with Crippen LogP contribution in [-0.4, -0.2) is 23.8 Å². The van der Waals surface area contributed by atoms with Gasteiger partial charge in [0.05, 0.1) is 23.8 Å². The van der Waals surface area contributed by atoms with E-state index in [4.69, 9.17) is 4.74 Å². The maximum atomic E-state index is 12.2. The lowest BCUT2D eigenvalue weighted by atomic mass is 9.74. The fourth-order valence-corrected chi connectivity index (χ4v) is 3.36. The Morgan fingerprint density at radius 3 is 2.07 bits per heavy atom. The highest BCUT2D eigenvalue weighted by Gasteiger charge is 2.46. The molecule has 0 saturated carbocycles. The van der Waals surface area contributed by atoms with Crippen LogP contribution in [-0.2, 0) is 4.74 Å². The summed E-state index contributed by atoms with van der Waals surface area (Å²) in [4.78, 5) is 0. The molecule has 88 valence electrons. The summed E-state index contributed by atoms with van der Waals surface area (Å²) in [6.07, 6.45) is 3.72. The van der Waals surface area contributed by atoms with Crippen LogP contribution in [0.1, 0.15) is 47.0 Å². The third kappa shape index (κ3) is 2.35. The van der Waals surface area contributed by atoms with Crippen molar-refractivity contribution in [1.29, 1.82) is 0 Å². The number of hydroxylamine groups is 2. The molecule has 2 saturated heterocycles. The molecule has 15 heavy (non-hydrogen) atoms. The van der Waals surface area contributed by atoms with E-state index < -0.39 is 0 Å². The highest BCUT2D eigenvalue weighted by molar-refractivity contribution is 4.88. The van der Waals surface area contributed by atoms with Gasteiger partial charge >= 0.3 is 0 Å². The van der Waals surface area contributed by atoms with Crippen LogP contribution >= 0.6 is 0 Å². The summed E-state index contributed by atoms with van der Waals surface area (Å²) in [6.45, 7) is 9.31. The average Bonchev–Trinajstić information content (AvgIpc) is 2.82. The molecule has 3 heteroatoms. The monoisotopic (exact) mass is 213 g/mol. The first-order valence-corrected chi connectivity index (χ1v) is 5.98. The largest absolute Gasteiger partial charge is 0.634 e. The molecule has 2 fully saturated rings. The third-order valence-electron chi connectivity index (χ3n) is 3.83. The second-order valence-corrected chi connectivity index (χ2v) is 6.56. The highest BCUT2D eigenvalue weighted by Crippen LogP contribution is 2.34. The predicted octanol–water partition coefficient (Wildman–Crippen LogP) is 1.13. The predicted molar refractivity (Wildman–Crippen MR) is 59.6 cm³/mol. The van der Waals surface area contributed by atoms with Gasteiger partial charge in [0.25, 0.3) is 0 Å². The maximum absolute atomic E-state index is 12.2. The van der Waals surface area contributed by atoms with Crippen LogP contribution < -0.4 is 5.06 Å². The minimum atomic E-state index is -0.138. The summed E-state index contributed by atoms with van der Waals surface area (Å²) in [5.74, 6) is 0.667. The molecule has 1 unspecified atom stereocenters. The number of piperidine rings is 1. The molecule has 1 atom stereocenters. The Bertz CT molecular complexity index is 228. The van der Waals surface area contributed by atoms with E-state index in [0.29, 0.717) is 17.1 Å². The van der Waals surface area contributed by atoms with Crippen molar-refractivity contribution in [3.05, 3.63) is 5.21 Å². The second kappa shape index (κ2) is 3.44. The Labute approximate surface area is 92.4 Å². The smallest absolute Gasteiger partial charge is 0.0923 e. The summed E-state index contributed by atoms with van der Waals surface area (Å²) >= 11 is 0. The molecule has 0 amide bonds. The molecule has 0 aliphatic carbocycles. The van der Waals surface area contributed by atoms with E-state index in [1.54, 1.807) is 0 Å². The first-order chi connectivity index (χ1) is 6.81. The number of nitrogens with one attached hydrogen (secondary N) is 1. The molecule has 0 radical (unpaired) electrons. The number of ether oxygens (including phenoxy) is 1. The van der Waals surface area contributed by atoms with Crippen LogP contribution in [0.25, 0.3) is 0 Å². The number of rotatable bonds is 2. The number of hydrogen-bond acceptors (Lipinski definition) is 2. The van der Waals surface area contributed by atoms with Gasteiger partial charge in [0.1, 0.15) is 0 Å². The fraction of sp³-hybridized carbons (Fsp3) is 1.00. The highest BCUT2D eigenvalue weighted by atomic mass is 16.6. The van der Waals surface area contributed by atoms with Crippen LogP contribution in [0, 0.1) is 11.1 Å². The molecule has 0 bridgehead atoms. The molecule has 0 spiro atoms. The lowest BCUT2D eigenvalue weighted by molar-refractivity contribution is -0.956. The Hall–Kier alpha value is -0.120. The van der Waals surface area contributed by atoms with Crippen molar-refractivity contribution in [3.8, 4) is 0 Å². The lowest BCUT2D eigenvalue weighted by Gasteiger charge is -2.54. The van der Waals surface area contributed by atoms with Gasteiger partial charge in [-0.25, -0.2) is 0 Å². The summed E-state index contributed by atoms with van der Waals surface area (Å²) in [6, 6.07) is 0. The van der Waals surface area contributed by atoms with Crippen LogP contribution in [0.5, 0.6) is 0 Å². The quantitative estimate of drug-likeness (QED) is 0.551. The van der Waals surface area contributed by atoms with E-state index in [9.17, 15) is 5.21 Å². The van der Waals surface area contributed by atoms with Crippen molar-refractivity contribution >= 4 is 0 Å². The Morgan fingerprint density at radius 2 is 1.67 bits per heavy atom. The zero-order chi connectivity index (χ0) is 11.3. The summed E-state index contributed by atoms with van der Waals surface area (Å²) in [5, 5.41) is 12.6. The van der Waals surface area contributed by atoms with E-state index in [2.05, 4.69) is 27.7 Å². The first kappa shape index (κ1) is 11.4. The zero-order valence-electron chi connectivity index (χ0n) is 10.3.